The molecular formula is C11H11NO4S. The number of rotatable bonds is 3. The first-order chi connectivity index (χ1) is 7.99. The highest BCUT2D eigenvalue weighted by atomic mass is 32.1. The van der Waals surface area contributed by atoms with Crippen LogP contribution in [0, 0.1) is 6.92 Å². The fraction of sp³-hybridized carbons (Fsp3) is 0.364. The number of hydrogen-bond acceptors (Lipinski definition) is 4. The molecule has 1 fully saturated rings. The molecule has 0 unspecified atom stereocenters. The van der Waals surface area contributed by atoms with Crippen molar-refractivity contribution in [3.05, 3.63) is 21.4 Å². The number of carbonyl (C=O) groups excluding carboxylic acids is 2. The number of thiophene rings is 1. The lowest BCUT2D eigenvalue weighted by atomic mass is 10.2. The Morgan fingerprint density at radius 1 is 1.41 bits per heavy atom. The number of amides is 2. The summed E-state index contributed by atoms with van der Waals surface area (Å²) in [6.45, 7) is 1.98. The van der Waals surface area contributed by atoms with E-state index in [0.29, 0.717) is 0 Å². The van der Waals surface area contributed by atoms with Crippen LogP contribution in [0.25, 0.3) is 0 Å². The minimum atomic E-state index is -0.983. The zero-order chi connectivity index (χ0) is 12.6. The summed E-state index contributed by atoms with van der Waals surface area (Å²) >= 11 is 1.16. The van der Waals surface area contributed by atoms with Gasteiger partial charge in [-0.25, -0.2) is 4.79 Å². The van der Waals surface area contributed by atoms with Crippen molar-refractivity contribution in [1.29, 1.82) is 0 Å². The first kappa shape index (κ1) is 11.8. The van der Waals surface area contributed by atoms with Crippen LogP contribution in [-0.2, 0) is 16.1 Å². The molecule has 1 aliphatic rings. The number of aryl methyl sites for hydroxylation is 1. The maximum atomic E-state index is 11.4. The Balaban J connectivity index is 2.21. The molecule has 17 heavy (non-hydrogen) atoms. The number of likely N-dealkylation sites (tertiary alicyclic amines) is 1. The third-order valence-corrected chi connectivity index (χ3v) is 3.80. The summed E-state index contributed by atoms with van der Waals surface area (Å²) in [7, 11) is 0. The van der Waals surface area contributed by atoms with Gasteiger partial charge in [-0.2, -0.15) is 0 Å². The number of carboxylic acids is 1. The van der Waals surface area contributed by atoms with Gasteiger partial charge in [0.1, 0.15) is 4.88 Å². The van der Waals surface area contributed by atoms with Crippen LogP contribution in [-0.4, -0.2) is 27.8 Å². The van der Waals surface area contributed by atoms with Gasteiger partial charge in [0.05, 0.1) is 6.54 Å². The molecule has 0 aromatic carbocycles. The SMILES string of the molecule is Cc1sc(C(=O)O)cc1CN1C(=O)CCC1=O. The summed E-state index contributed by atoms with van der Waals surface area (Å²) < 4.78 is 0. The summed E-state index contributed by atoms with van der Waals surface area (Å²) in [5.74, 6) is -1.35. The Morgan fingerprint density at radius 3 is 2.47 bits per heavy atom. The summed E-state index contributed by atoms with van der Waals surface area (Å²) in [6, 6.07) is 1.53. The number of imide groups is 1. The monoisotopic (exact) mass is 253 g/mol. The molecule has 2 rings (SSSR count). The first-order valence-corrected chi connectivity index (χ1v) is 5.96. The molecule has 0 atom stereocenters. The van der Waals surface area contributed by atoms with Crippen molar-refractivity contribution >= 4 is 29.1 Å². The Morgan fingerprint density at radius 2 is 2.00 bits per heavy atom. The molecule has 0 bridgehead atoms. The molecule has 6 heteroatoms. The zero-order valence-corrected chi connectivity index (χ0v) is 10.0. The molecule has 0 aliphatic carbocycles. The van der Waals surface area contributed by atoms with Gasteiger partial charge in [0.2, 0.25) is 11.8 Å². The fourth-order valence-corrected chi connectivity index (χ4v) is 2.62. The predicted molar refractivity (Wildman–Crippen MR) is 60.8 cm³/mol. The average molecular weight is 253 g/mol. The quantitative estimate of drug-likeness (QED) is 0.826. The van der Waals surface area contributed by atoms with E-state index in [9.17, 15) is 14.4 Å². The van der Waals surface area contributed by atoms with E-state index >= 15 is 0 Å². The van der Waals surface area contributed by atoms with E-state index < -0.39 is 5.97 Å². The van der Waals surface area contributed by atoms with Gasteiger partial charge >= 0.3 is 5.97 Å². The maximum absolute atomic E-state index is 11.4. The molecule has 0 radical (unpaired) electrons. The van der Waals surface area contributed by atoms with Gasteiger partial charge in [0.25, 0.3) is 0 Å². The highest BCUT2D eigenvalue weighted by Gasteiger charge is 2.29. The van der Waals surface area contributed by atoms with Gasteiger partial charge in [-0.1, -0.05) is 0 Å². The van der Waals surface area contributed by atoms with Crippen LogP contribution in [0.5, 0.6) is 0 Å². The molecule has 0 spiro atoms. The second kappa shape index (κ2) is 4.29. The summed E-state index contributed by atoms with van der Waals surface area (Å²) in [5, 5.41) is 8.85. The summed E-state index contributed by atoms with van der Waals surface area (Å²) in [6.07, 6.45) is 0.515. The molecule has 1 aromatic heterocycles. The second-order valence-electron chi connectivity index (χ2n) is 3.87. The minimum Gasteiger partial charge on any atom is -0.477 e. The summed E-state index contributed by atoms with van der Waals surface area (Å²) in [4.78, 5) is 35.9. The zero-order valence-electron chi connectivity index (χ0n) is 9.23. The highest BCUT2D eigenvalue weighted by Crippen LogP contribution is 2.25. The largest absolute Gasteiger partial charge is 0.477 e. The lowest BCUT2D eigenvalue weighted by Gasteiger charge is -2.12. The Hall–Kier alpha value is -1.69. The summed E-state index contributed by atoms with van der Waals surface area (Å²) in [5.41, 5.74) is 0.732. The van der Waals surface area contributed by atoms with Gasteiger partial charge in [-0.3, -0.25) is 14.5 Å². The highest BCUT2D eigenvalue weighted by molar-refractivity contribution is 7.14. The molecule has 5 nitrogen and oxygen atoms in total. The normalized spacial score (nSPS) is 15.7. The lowest BCUT2D eigenvalue weighted by Crippen LogP contribution is -2.28. The predicted octanol–water partition coefficient (Wildman–Crippen LogP) is 1.40. The van der Waals surface area contributed by atoms with Gasteiger partial charge in [-0.05, 0) is 18.6 Å². The van der Waals surface area contributed by atoms with Crippen molar-refractivity contribution in [3.8, 4) is 0 Å². The van der Waals surface area contributed by atoms with Crippen LogP contribution >= 0.6 is 11.3 Å². The Kier molecular flexibility index (Phi) is 2.97. The van der Waals surface area contributed by atoms with Crippen molar-refractivity contribution in [1.82, 2.24) is 4.90 Å². The van der Waals surface area contributed by atoms with Gasteiger partial charge < -0.3 is 5.11 Å². The molecule has 90 valence electrons. The van der Waals surface area contributed by atoms with E-state index in [0.717, 1.165) is 21.8 Å². The second-order valence-corrected chi connectivity index (χ2v) is 5.13. The van der Waals surface area contributed by atoms with E-state index in [2.05, 4.69) is 0 Å². The minimum absolute atomic E-state index is 0.183. The number of hydrogen-bond donors (Lipinski definition) is 1. The molecule has 2 amide bonds. The number of aromatic carboxylic acids is 1. The van der Waals surface area contributed by atoms with Gasteiger partial charge in [0.15, 0.2) is 0 Å². The molecular weight excluding hydrogens is 242 g/mol. The van der Waals surface area contributed by atoms with Crippen LogP contribution in [0.15, 0.2) is 6.07 Å². The average Bonchev–Trinajstić information content (AvgIpc) is 2.77. The molecule has 1 aromatic rings. The van der Waals surface area contributed by atoms with E-state index in [-0.39, 0.29) is 36.1 Å². The number of carbonyl (C=O) groups is 3. The molecule has 1 N–H and O–H groups in total. The van der Waals surface area contributed by atoms with Crippen molar-refractivity contribution < 1.29 is 19.5 Å². The van der Waals surface area contributed by atoms with Crippen molar-refractivity contribution in [3.63, 3.8) is 0 Å². The molecule has 1 aliphatic heterocycles. The van der Waals surface area contributed by atoms with Gasteiger partial charge in [0, 0.05) is 17.7 Å². The lowest BCUT2D eigenvalue weighted by molar-refractivity contribution is -0.139. The van der Waals surface area contributed by atoms with Crippen LogP contribution in [0.2, 0.25) is 0 Å². The van der Waals surface area contributed by atoms with Crippen molar-refractivity contribution in [2.75, 3.05) is 0 Å². The molecule has 0 saturated carbocycles. The fourth-order valence-electron chi connectivity index (χ4n) is 1.75. The Labute approximate surface area is 102 Å². The smallest absolute Gasteiger partial charge is 0.345 e. The number of nitrogens with zero attached hydrogens (tertiary/aromatic N) is 1. The molecule has 1 saturated heterocycles. The van der Waals surface area contributed by atoms with E-state index in [1.807, 2.05) is 0 Å². The maximum Gasteiger partial charge on any atom is 0.345 e. The van der Waals surface area contributed by atoms with E-state index in [4.69, 9.17) is 5.11 Å². The third-order valence-electron chi connectivity index (χ3n) is 2.71. The number of carboxylic acid groups (broad SMARTS) is 1. The van der Waals surface area contributed by atoms with Crippen LogP contribution in [0.3, 0.4) is 0 Å². The van der Waals surface area contributed by atoms with Crippen molar-refractivity contribution in [2.45, 2.75) is 26.3 Å². The van der Waals surface area contributed by atoms with E-state index in [1.165, 1.54) is 11.0 Å². The van der Waals surface area contributed by atoms with E-state index in [1.54, 1.807) is 6.92 Å². The molecule has 2 heterocycles. The van der Waals surface area contributed by atoms with Gasteiger partial charge in [-0.15, -0.1) is 11.3 Å². The van der Waals surface area contributed by atoms with Crippen molar-refractivity contribution in [2.24, 2.45) is 0 Å². The van der Waals surface area contributed by atoms with Crippen LogP contribution in [0.1, 0.15) is 33.0 Å². The standard InChI is InChI=1S/C11H11NO4S/c1-6-7(4-8(17-6)11(15)16)5-12-9(13)2-3-10(12)14/h4H,2-3,5H2,1H3,(H,15,16). The topological polar surface area (TPSA) is 74.7 Å². The van der Waals surface area contributed by atoms with Crippen LogP contribution in [0.4, 0.5) is 0 Å². The third kappa shape index (κ3) is 2.21. The Bertz CT molecular complexity index is 490. The first-order valence-electron chi connectivity index (χ1n) is 5.15. The van der Waals surface area contributed by atoms with Crippen LogP contribution < -0.4 is 0 Å².